The van der Waals surface area contributed by atoms with Crippen molar-refractivity contribution in [2.45, 2.75) is 96.9 Å². The first-order valence-electron chi connectivity index (χ1n) is 17.2. The number of aliphatic hydroxyl groups is 4. The van der Waals surface area contributed by atoms with E-state index in [0.29, 0.717) is 6.42 Å². The molecule has 0 aromatic heterocycles. The van der Waals surface area contributed by atoms with Crippen molar-refractivity contribution in [1.82, 2.24) is 5.32 Å². The van der Waals surface area contributed by atoms with Crippen molar-refractivity contribution in [3.05, 3.63) is 83.1 Å². The average Bonchev–Trinajstić information content (AvgIpc) is 3.09. The van der Waals surface area contributed by atoms with Gasteiger partial charge in [0.1, 0.15) is 24.9 Å². The quantitative estimate of drug-likeness (QED) is 0.0639. The SMILES string of the molecule is CCC1C(O)C(COC(=O)/C(C)=C/C=C/C(C)=C/C=C/C=C(C)/C=C/C=C(\C)C(=O)O)OC(COCC2C(C(=O)O)OC(O)C(O)C2O)C1NC(C)=O. The number of esters is 1. The largest absolute Gasteiger partial charge is 0.479 e. The molecule has 2 saturated heterocycles. The average molecular weight is 748 g/mol. The highest BCUT2D eigenvalue weighted by Gasteiger charge is 2.48. The Morgan fingerprint density at radius 1 is 0.679 bits per heavy atom. The Hall–Kier alpha value is -4.22. The highest BCUT2D eigenvalue weighted by molar-refractivity contribution is 5.88. The zero-order chi connectivity index (χ0) is 39.8. The molecule has 0 saturated carbocycles. The molecule has 0 aromatic rings. The number of amides is 1. The van der Waals surface area contributed by atoms with E-state index >= 15 is 0 Å². The fraction of sp³-hybridized carbons (Fsp3) is 0.526. The molecule has 2 rings (SSSR count). The molecule has 0 spiro atoms. The van der Waals surface area contributed by atoms with E-state index in [1.54, 1.807) is 37.3 Å². The molecular weight excluding hydrogens is 694 g/mol. The van der Waals surface area contributed by atoms with Crippen LogP contribution in [0.2, 0.25) is 0 Å². The monoisotopic (exact) mass is 747 g/mol. The van der Waals surface area contributed by atoms with Crippen molar-refractivity contribution in [1.29, 1.82) is 0 Å². The van der Waals surface area contributed by atoms with Crippen molar-refractivity contribution in [3.8, 4) is 0 Å². The minimum absolute atomic E-state index is 0.237. The van der Waals surface area contributed by atoms with Gasteiger partial charge < -0.3 is 54.9 Å². The fourth-order valence-corrected chi connectivity index (χ4v) is 5.67. The van der Waals surface area contributed by atoms with Gasteiger partial charge in [0.2, 0.25) is 5.91 Å². The van der Waals surface area contributed by atoms with Crippen molar-refractivity contribution in [2.75, 3.05) is 19.8 Å². The minimum atomic E-state index is -1.90. The fourth-order valence-electron chi connectivity index (χ4n) is 5.67. The Balaban J connectivity index is 2.03. The molecule has 0 radical (unpaired) electrons. The van der Waals surface area contributed by atoms with Crippen molar-refractivity contribution in [2.24, 2.45) is 11.8 Å². The van der Waals surface area contributed by atoms with Crippen molar-refractivity contribution in [3.63, 3.8) is 0 Å². The van der Waals surface area contributed by atoms with Gasteiger partial charge in [-0.15, -0.1) is 0 Å². The van der Waals surface area contributed by atoms with Gasteiger partial charge in [0.15, 0.2) is 12.4 Å². The van der Waals surface area contributed by atoms with Crippen LogP contribution in [0.15, 0.2) is 83.1 Å². The first kappa shape index (κ1) is 44.9. The van der Waals surface area contributed by atoms with Crippen LogP contribution in [0, 0.1) is 11.8 Å². The summed E-state index contributed by atoms with van der Waals surface area (Å²) in [5, 5.41) is 62.5. The smallest absolute Gasteiger partial charge is 0.333 e. The van der Waals surface area contributed by atoms with Crippen molar-refractivity contribution < 1.29 is 68.8 Å². The third kappa shape index (κ3) is 14.3. The van der Waals surface area contributed by atoms with Gasteiger partial charge in [-0.3, -0.25) is 4.79 Å². The van der Waals surface area contributed by atoms with Gasteiger partial charge in [0.05, 0.1) is 31.5 Å². The second kappa shape index (κ2) is 22.1. The summed E-state index contributed by atoms with van der Waals surface area (Å²) in [6, 6.07) is -0.735. The number of hydrogen-bond donors (Lipinski definition) is 7. The number of carbonyl (C=O) groups excluding carboxylic acids is 2. The molecule has 0 bridgehead atoms. The van der Waals surface area contributed by atoms with Gasteiger partial charge in [0.25, 0.3) is 0 Å². The maximum atomic E-state index is 12.8. The number of ether oxygens (including phenoxy) is 4. The van der Waals surface area contributed by atoms with Gasteiger partial charge in [0, 0.05) is 29.9 Å². The van der Waals surface area contributed by atoms with E-state index < -0.39 is 91.2 Å². The van der Waals surface area contributed by atoms with Crippen LogP contribution in [0.1, 0.15) is 48.0 Å². The Bertz CT molecular complexity index is 1490. The second-order valence-corrected chi connectivity index (χ2v) is 13.0. The predicted octanol–water partition coefficient (Wildman–Crippen LogP) is 1.88. The van der Waals surface area contributed by atoms with E-state index in [-0.39, 0.29) is 24.4 Å². The van der Waals surface area contributed by atoms with E-state index in [1.165, 1.54) is 19.9 Å². The van der Waals surface area contributed by atoms with Gasteiger partial charge in [-0.2, -0.15) is 0 Å². The Labute approximate surface area is 309 Å². The zero-order valence-electron chi connectivity index (χ0n) is 30.8. The number of rotatable bonds is 17. The van der Waals surface area contributed by atoms with Gasteiger partial charge in [-0.25, -0.2) is 14.4 Å². The predicted molar refractivity (Wildman–Crippen MR) is 192 cm³/mol. The van der Waals surface area contributed by atoms with Crippen LogP contribution < -0.4 is 5.32 Å². The summed E-state index contributed by atoms with van der Waals surface area (Å²) in [5.74, 6) is -5.28. The van der Waals surface area contributed by atoms with E-state index in [1.807, 2.05) is 45.1 Å². The first-order chi connectivity index (χ1) is 25.0. The summed E-state index contributed by atoms with van der Waals surface area (Å²) in [7, 11) is 0. The lowest BCUT2D eigenvalue weighted by Crippen LogP contribution is -2.62. The Morgan fingerprint density at radius 2 is 1.26 bits per heavy atom. The third-order valence-corrected chi connectivity index (χ3v) is 8.74. The summed E-state index contributed by atoms with van der Waals surface area (Å²) in [5.41, 5.74) is 2.33. The highest BCUT2D eigenvalue weighted by Crippen LogP contribution is 2.31. The molecule has 2 heterocycles. The summed E-state index contributed by atoms with van der Waals surface area (Å²) in [6.45, 7) is 8.97. The summed E-state index contributed by atoms with van der Waals surface area (Å²) in [4.78, 5) is 47.4. The molecule has 10 unspecified atom stereocenters. The molecule has 53 heavy (non-hydrogen) atoms. The molecule has 7 N–H and O–H groups in total. The normalized spacial score (nSPS) is 30.6. The molecule has 294 valence electrons. The van der Waals surface area contributed by atoms with Crippen LogP contribution in [0.25, 0.3) is 0 Å². The maximum Gasteiger partial charge on any atom is 0.333 e. The van der Waals surface area contributed by atoms with Crippen molar-refractivity contribution >= 4 is 23.8 Å². The zero-order valence-corrected chi connectivity index (χ0v) is 30.8. The van der Waals surface area contributed by atoms with Crippen LogP contribution in [0.4, 0.5) is 0 Å². The molecule has 2 fully saturated rings. The van der Waals surface area contributed by atoms with Crippen LogP contribution in [-0.4, -0.2) is 123 Å². The van der Waals surface area contributed by atoms with E-state index in [9.17, 15) is 44.7 Å². The molecule has 2 aliphatic rings. The molecule has 15 nitrogen and oxygen atoms in total. The number of hydrogen-bond acceptors (Lipinski definition) is 12. The summed E-state index contributed by atoms with van der Waals surface area (Å²) < 4.78 is 22.2. The minimum Gasteiger partial charge on any atom is -0.479 e. The van der Waals surface area contributed by atoms with Crippen LogP contribution in [0.3, 0.4) is 0 Å². The van der Waals surface area contributed by atoms with Gasteiger partial charge >= 0.3 is 17.9 Å². The molecule has 0 aromatic carbocycles. The lowest BCUT2D eigenvalue weighted by molar-refractivity contribution is -0.274. The van der Waals surface area contributed by atoms with E-state index in [2.05, 4.69) is 5.32 Å². The molecule has 15 heteroatoms. The van der Waals surface area contributed by atoms with Crippen LogP contribution in [0.5, 0.6) is 0 Å². The number of carboxylic acids is 2. The number of nitrogens with one attached hydrogen (secondary N) is 1. The van der Waals surface area contributed by atoms with Crippen LogP contribution in [-0.2, 0) is 38.1 Å². The molecule has 1 amide bonds. The molecule has 0 aliphatic carbocycles. The standard InChI is InChI=1S/C38H53NO14/c1-7-26-30(39-25(6)40)28(19-50-18-27-32(42)33(43)38(49)53-34(27)36(46)47)52-29(31(26)41)20-51-37(48)24(5)17-11-15-22(3)13-9-8-12-21(2)14-10-16-23(4)35(44)45/h8-17,26-34,38,41-43,49H,7,18-20H2,1-6H3,(H,39,40)(H,44,45)(H,46,47)/b9-8+,14-10+,15-11+,21-12+,22-13+,23-16+,24-17+. The van der Waals surface area contributed by atoms with Gasteiger partial charge in [-0.05, 0) is 34.1 Å². The topological polar surface area (TPSA) is 239 Å². The van der Waals surface area contributed by atoms with E-state index in [0.717, 1.165) is 11.1 Å². The van der Waals surface area contributed by atoms with Crippen LogP contribution >= 0.6 is 0 Å². The Kier molecular flexibility index (Phi) is 18.7. The maximum absolute atomic E-state index is 12.8. The second-order valence-electron chi connectivity index (χ2n) is 13.0. The lowest BCUT2D eigenvalue weighted by atomic mass is 9.82. The molecule has 2 aliphatic heterocycles. The van der Waals surface area contributed by atoms with E-state index in [4.69, 9.17) is 24.1 Å². The lowest BCUT2D eigenvalue weighted by Gasteiger charge is -2.45. The number of allylic oxidation sites excluding steroid dienone is 12. The summed E-state index contributed by atoms with van der Waals surface area (Å²) in [6.07, 6.45) is 7.80. The number of aliphatic carboxylic acids is 2. The molecule has 10 atom stereocenters. The number of carbonyl (C=O) groups is 4. The number of aliphatic hydroxyl groups excluding tert-OH is 4. The van der Waals surface area contributed by atoms with Gasteiger partial charge in [-0.1, -0.05) is 78.8 Å². The summed E-state index contributed by atoms with van der Waals surface area (Å²) >= 11 is 0. The first-order valence-corrected chi connectivity index (χ1v) is 17.2. The third-order valence-electron chi connectivity index (χ3n) is 8.74. The number of carboxylic acid groups (broad SMARTS) is 2. The molecular formula is C38H53NO14. The highest BCUT2D eigenvalue weighted by atomic mass is 16.6. The Morgan fingerprint density at radius 3 is 1.79 bits per heavy atom.